The molecule has 0 saturated carbocycles. The fourth-order valence-corrected chi connectivity index (χ4v) is 2.86. The van der Waals surface area contributed by atoms with Crippen LogP contribution in [0.1, 0.15) is 31.2 Å². The Balaban J connectivity index is 1.78. The molecule has 2 N–H and O–H groups in total. The van der Waals surface area contributed by atoms with Crippen LogP contribution in [0.2, 0.25) is 0 Å². The van der Waals surface area contributed by atoms with Gasteiger partial charge in [0.25, 0.3) is 0 Å². The number of halogens is 1. The van der Waals surface area contributed by atoms with Crippen LogP contribution in [0.15, 0.2) is 22.7 Å². The molecule has 0 aromatic heterocycles. The van der Waals surface area contributed by atoms with Crippen LogP contribution in [-0.2, 0) is 4.79 Å². The molecule has 1 heterocycles. The maximum absolute atomic E-state index is 11.9. The van der Waals surface area contributed by atoms with Crippen LogP contribution in [0.4, 0.5) is 5.69 Å². The standard InChI is InChI=1S/C15H21BrN2O/c1-12-5-6-13(11-14(12)16)17-15(19)7-10-18-8-3-2-4-9-18/h5-6,11H,2-4,7-10H2,1H3,(H,17,19)/p+1. The highest BCUT2D eigenvalue weighted by atomic mass is 79.9. The molecule has 104 valence electrons. The first-order valence-corrected chi connectivity index (χ1v) is 7.84. The summed E-state index contributed by atoms with van der Waals surface area (Å²) in [5.74, 6) is 0.119. The van der Waals surface area contributed by atoms with Crippen LogP contribution in [0.5, 0.6) is 0 Å². The first-order valence-electron chi connectivity index (χ1n) is 7.05. The Bertz CT molecular complexity index is 442. The van der Waals surface area contributed by atoms with Gasteiger partial charge < -0.3 is 10.2 Å². The van der Waals surface area contributed by atoms with E-state index < -0.39 is 0 Å². The highest BCUT2D eigenvalue weighted by Gasteiger charge is 2.14. The van der Waals surface area contributed by atoms with Crippen molar-refractivity contribution in [3.05, 3.63) is 28.2 Å². The van der Waals surface area contributed by atoms with Crippen LogP contribution in [0, 0.1) is 6.92 Å². The first-order chi connectivity index (χ1) is 9.15. The Kier molecular flexibility index (Phi) is 5.40. The Labute approximate surface area is 123 Å². The van der Waals surface area contributed by atoms with Crippen molar-refractivity contribution in [1.82, 2.24) is 0 Å². The molecule has 0 aliphatic carbocycles. The minimum atomic E-state index is 0.119. The quantitative estimate of drug-likeness (QED) is 0.873. The van der Waals surface area contributed by atoms with Crippen LogP contribution in [-0.4, -0.2) is 25.5 Å². The molecule has 0 atom stereocenters. The van der Waals surface area contributed by atoms with E-state index in [1.54, 1.807) is 4.90 Å². The van der Waals surface area contributed by atoms with Crippen LogP contribution in [0.25, 0.3) is 0 Å². The lowest BCUT2D eigenvalue weighted by Crippen LogP contribution is -3.12. The van der Waals surface area contributed by atoms with E-state index in [2.05, 4.69) is 21.2 Å². The Morgan fingerprint density at radius 1 is 1.32 bits per heavy atom. The number of aryl methyl sites for hydroxylation is 1. The van der Waals surface area contributed by atoms with E-state index >= 15 is 0 Å². The molecule has 1 aromatic carbocycles. The van der Waals surface area contributed by atoms with Crippen LogP contribution < -0.4 is 10.2 Å². The number of likely N-dealkylation sites (tertiary alicyclic amines) is 1. The van der Waals surface area contributed by atoms with Crippen molar-refractivity contribution in [2.75, 3.05) is 25.0 Å². The van der Waals surface area contributed by atoms with E-state index in [0.717, 1.165) is 16.7 Å². The zero-order valence-corrected chi connectivity index (χ0v) is 13.1. The van der Waals surface area contributed by atoms with Gasteiger partial charge >= 0.3 is 0 Å². The normalized spacial score (nSPS) is 16.3. The number of benzene rings is 1. The zero-order valence-electron chi connectivity index (χ0n) is 11.5. The average molecular weight is 326 g/mol. The number of rotatable bonds is 4. The molecule has 3 nitrogen and oxygen atoms in total. The highest BCUT2D eigenvalue weighted by molar-refractivity contribution is 9.10. The second-order valence-corrected chi connectivity index (χ2v) is 6.18. The average Bonchev–Trinajstić information content (AvgIpc) is 2.42. The van der Waals surface area contributed by atoms with E-state index in [9.17, 15) is 4.79 Å². The van der Waals surface area contributed by atoms with Gasteiger partial charge in [-0.1, -0.05) is 22.0 Å². The Morgan fingerprint density at radius 3 is 2.74 bits per heavy atom. The molecule has 1 fully saturated rings. The number of nitrogens with one attached hydrogen (secondary N) is 2. The first kappa shape index (κ1) is 14.5. The van der Waals surface area contributed by atoms with Crippen molar-refractivity contribution in [2.24, 2.45) is 0 Å². The monoisotopic (exact) mass is 325 g/mol. The molecule has 1 aliphatic heterocycles. The van der Waals surface area contributed by atoms with E-state index in [1.165, 1.54) is 37.9 Å². The maximum atomic E-state index is 11.9. The molecule has 19 heavy (non-hydrogen) atoms. The smallest absolute Gasteiger partial charge is 0.230 e. The van der Waals surface area contributed by atoms with Gasteiger partial charge in [0, 0.05) is 10.2 Å². The summed E-state index contributed by atoms with van der Waals surface area (Å²) in [5.41, 5.74) is 2.05. The minimum Gasteiger partial charge on any atom is -0.335 e. The molecule has 0 spiro atoms. The second-order valence-electron chi connectivity index (χ2n) is 5.32. The van der Waals surface area contributed by atoms with E-state index in [4.69, 9.17) is 0 Å². The van der Waals surface area contributed by atoms with Crippen LogP contribution >= 0.6 is 15.9 Å². The Morgan fingerprint density at radius 2 is 2.05 bits per heavy atom. The third-order valence-electron chi connectivity index (χ3n) is 3.72. The van der Waals surface area contributed by atoms with Gasteiger partial charge in [-0.15, -0.1) is 0 Å². The van der Waals surface area contributed by atoms with E-state index in [1.807, 2.05) is 25.1 Å². The summed E-state index contributed by atoms with van der Waals surface area (Å²) in [6, 6.07) is 5.92. The summed E-state index contributed by atoms with van der Waals surface area (Å²) in [6.07, 6.45) is 4.58. The number of hydrogen-bond donors (Lipinski definition) is 2. The molecule has 0 radical (unpaired) electrons. The zero-order chi connectivity index (χ0) is 13.7. The van der Waals surface area contributed by atoms with E-state index in [0.29, 0.717) is 6.42 Å². The molecular weight excluding hydrogens is 304 g/mol. The number of anilines is 1. The lowest BCUT2D eigenvalue weighted by atomic mass is 10.1. The number of amides is 1. The van der Waals surface area contributed by atoms with Crippen molar-refractivity contribution in [2.45, 2.75) is 32.6 Å². The summed E-state index contributed by atoms with van der Waals surface area (Å²) < 4.78 is 1.03. The summed E-state index contributed by atoms with van der Waals surface area (Å²) in [7, 11) is 0. The number of carbonyl (C=O) groups excluding carboxylic acids is 1. The largest absolute Gasteiger partial charge is 0.335 e. The van der Waals surface area contributed by atoms with Crippen LogP contribution in [0.3, 0.4) is 0 Å². The van der Waals surface area contributed by atoms with Crippen molar-refractivity contribution >= 4 is 27.5 Å². The molecule has 1 saturated heterocycles. The molecule has 1 amide bonds. The minimum absolute atomic E-state index is 0.119. The van der Waals surface area contributed by atoms with Gasteiger partial charge in [-0.3, -0.25) is 4.79 Å². The van der Waals surface area contributed by atoms with Crippen molar-refractivity contribution in [3.63, 3.8) is 0 Å². The SMILES string of the molecule is Cc1ccc(NC(=O)CC[NH+]2CCCCC2)cc1Br. The molecule has 2 rings (SSSR count). The topological polar surface area (TPSA) is 33.5 Å². The highest BCUT2D eigenvalue weighted by Crippen LogP contribution is 2.20. The third-order valence-corrected chi connectivity index (χ3v) is 4.58. The van der Waals surface area contributed by atoms with Crippen molar-refractivity contribution < 1.29 is 9.69 Å². The molecule has 0 unspecified atom stereocenters. The third kappa shape index (κ3) is 4.62. The van der Waals surface area contributed by atoms with Gasteiger partial charge in [-0.25, -0.2) is 0 Å². The number of hydrogen-bond acceptors (Lipinski definition) is 1. The predicted octanol–water partition coefficient (Wildman–Crippen LogP) is 2.15. The van der Waals surface area contributed by atoms with E-state index in [-0.39, 0.29) is 5.91 Å². The molecule has 1 aliphatic rings. The molecule has 0 bridgehead atoms. The molecular formula is C15H22BrN2O+. The fraction of sp³-hybridized carbons (Fsp3) is 0.533. The lowest BCUT2D eigenvalue weighted by molar-refractivity contribution is -0.904. The van der Waals surface area contributed by atoms with Gasteiger partial charge in [0.15, 0.2) is 0 Å². The molecule has 4 heteroatoms. The van der Waals surface area contributed by atoms with Crippen molar-refractivity contribution in [3.8, 4) is 0 Å². The fourth-order valence-electron chi connectivity index (χ4n) is 2.49. The second kappa shape index (κ2) is 7.06. The summed E-state index contributed by atoms with van der Waals surface area (Å²) in [6.45, 7) is 5.45. The lowest BCUT2D eigenvalue weighted by Gasteiger charge is -2.23. The summed E-state index contributed by atoms with van der Waals surface area (Å²) >= 11 is 3.48. The van der Waals surface area contributed by atoms with Gasteiger partial charge in [0.05, 0.1) is 26.1 Å². The molecule has 1 aromatic rings. The summed E-state index contributed by atoms with van der Waals surface area (Å²) in [5, 5.41) is 2.97. The predicted molar refractivity (Wildman–Crippen MR) is 81.5 cm³/mol. The maximum Gasteiger partial charge on any atom is 0.230 e. The number of carbonyl (C=O) groups is 1. The van der Waals surface area contributed by atoms with Crippen molar-refractivity contribution in [1.29, 1.82) is 0 Å². The number of piperidine rings is 1. The van der Waals surface area contributed by atoms with Gasteiger partial charge in [0.2, 0.25) is 5.91 Å². The summed E-state index contributed by atoms with van der Waals surface area (Å²) in [4.78, 5) is 13.5. The van der Waals surface area contributed by atoms with Gasteiger partial charge in [-0.2, -0.15) is 0 Å². The van der Waals surface area contributed by atoms with Gasteiger partial charge in [-0.05, 0) is 43.9 Å². The van der Waals surface area contributed by atoms with Gasteiger partial charge in [0.1, 0.15) is 0 Å². The Hall–Kier alpha value is -0.870. The number of quaternary nitrogens is 1.